The highest BCUT2D eigenvalue weighted by molar-refractivity contribution is 7.14. The fraction of sp³-hybridized carbons (Fsp3) is 0.240. The van der Waals surface area contributed by atoms with Crippen LogP contribution in [0.25, 0.3) is 11.3 Å². The fourth-order valence-electron chi connectivity index (χ4n) is 3.18. The number of nitrogens with zero attached hydrogens (tertiary/aromatic N) is 3. The Hall–Kier alpha value is -3.29. The highest BCUT2D eigenvalue weighted by Gasteiger charge is 2.17. The van der Waals surface area contributed by atoms with E-state index in [1.54, 1.807) is 30.7 Å². The summed E-state index contributed by atoms with van der Waals surface area (Å²) in [5, 5.41) is 14.7. The number of aliphatic hydroxyl groups excluding tert-OH is 1. The van der Waals surface area contributed by atoms with E-state index in [0.29, 0.717) is 23.9 Å². The molecule has 4 rings (SSSR count). The number of benzene rings is 1. The molecule has 0 aliphatic carbocycles. The molecule has 1 aromatic carbocycles. The molecule has 2 N–H and O–H groups in total. The molecule has 0 saturated carbocycles. The molecule has 0 fully saturated rings. The van der Waals surface area contributed by atoms with E-state index in [9.17, 15) is 5.11 Å². The molecule has 0 aliphatic rings. The first-order valence-corrected chi connectivity index (χ1v) is 11.4. The van der Waals surface area contributed by atoms with Gasteiger partial charge in [0.1, 0.15) is 17.3 Å². The van der Waals surface area contributed by atoms with Crippen LogP contribution in [0, 0.1) is 0 Å². The summed E-state index contributed by atoms with van der Waals surface area (Å²) in [5.41, 5.74) is 3.55. The lowest BCUT2D eigenvalue weighted by atomic mass is 10.1. The van der Waals surface area contributed by atoms with Crippen LogP contribution in [-0.4, -0.2) is 26.2 Å². The Morgan fingerprint density at radius 2 is 1.78 bits per heavy atom. The van der Waals surface area contributed by atoms with Crippen LogP contribution in [0.4, 0.5) is 11.5 Å². The number of hydrogen-bond acceptors (Lipinski definition) is 7. The lowest BCUT2D eigenvalue weighted by Crippen LogP contribution is -2.06. The van der Waals surface area contributed by atoms with Crippen LogP contribution in [0.5, 0.6) is 10.8 Å². The van der Waals surface area contributed by atoms with Crippen molar-refractivity contribution in [2.75, 3.05) is 5.32 Å². The molecular weight excluding hydrogens is 420 g/mol. The van der Waals surface area contributed by atoms with E-state index in [2.05, 4.69) is 29.1 Å². The van der Waals surface area contributed by atoms with Gasteiger partial charge in [0.25, 0.3) is 0 Å². The van der Waals surface area contributed by atoms with Gasteiger partial charge in [-0.05, 0) is 25.1 Å². The van der Waals surface area contributed by atoms with Crippen molar-refractivity contribution in [3.8, 4) is 22.1 Å². The van der Waals surface area contributed by atoms with E-state index in [1.807, 2.05) is 54.6 Å². The number of rotatable bonds is 8. The van der Waals surface area contributed by atoms with E-state index in [-0.39, 0.29) is 0 Å². The van der Waals surface area contributed by atoms with Crippen molar-refractivity contribution in [2.45, 2.75) is 39.2 Å². The lowest BCUT2D eigenvalue weighted by Gasteiger charge is -2.10. The highest BCUT2D eigenvalue weighted by Crippen LogP contribution is 2.40. The second-order valence-corrected chi connectivity index (χ2v) is 8.89. The molecule has 0 amide bonds. The second kappa shape index (κ2) is 9.89. The molecule has 1 atom stereocenters. The first-order chi connectivity index (χ1) is 15.5. The van der Waals surface area contributed by atoms with Crippen LogP contribution in [0.15, 0.2) is 67.0 Å². The van der Waals surface area contributed by atoms with Crippen molar-refractivity contribution in [3.63, 3.8) is 0 Å². The number of anilines is 2. The van der Waals surface area contributed by atoms with E-state index >= 15 is 0 Å². The van der Waals surface area contributed by atoms with Gasteiger partial charge < -0.3 is 15.2 Å². The summed E-state index contributed by atoms with van der Waals surface area (Å²) in [4.78, 5) is 13.5. The molecule has 1 unspecified atom stereocenters. The molecule has 4 aromatic rings. The summed E-state index contributed by atoms with van der Waals surface area (Å²) < 4.78 is 6.28. The van der Waals surface area contributed by atoms with Gasteiger partial charge in [-0.2, -0.15) is 0 Å². The predicted molar refractivity (Wildman–Crippen MR) is 129 cm³/mol. The summed E-state index contributed by atoms with van der Waals surface area (Å²) in [6.07, 6.45) is 3.48. The highest BCUT2D eigenvalue weighted by atomic mass is 32.1. The Labute approximate surface area is 192 Å². The normalized spacial score (nSPS) is 12.0. The van der Waals surface area contributed by atoms with Crippen molar-refractivity contribution in [3.05, 3.63) is 77.7 Å². The third kappa shape index (κ3) is 5.49. The van der Waals surface area contributed by atoms with Gasteiger partial charge in [-0.25, -0.2) is 9.97 Å². The summed E-state index contributed by atoms with van der Waals surface area (Å²) in [5.74, 6) is 1.65. The van der Waals surface area contributed by atoms with Crippen molar-refractivity contribution in [2.24, 2.45) is 0 Å². The molecule has 0 radical (unpaired) electrons. The number of hydrogen-bond donors (Lipinski definition) is 2. The average Bonchev–Trinajstić information content (AvgIpc) is 3.18. The van der Waals surface area contributed by atoms with Gasteiger partial charge in [0.05, 0.1) is 11.1 Å². The maximum atomic E-state index is 9.61. The molecule has 6 nitrogen and oxygen atoms in total. The lowest BCUT2D eigenvalue weighted by molar-refractivity contribution is 0.194. The van der Waals surface area contributed by atoms with Crippen LogP contribution in [0.3, 0.4) is 0 Å². The number of aromatic nitrogens is 3. The molecule has 3 aromatic heterocycles. The quantitative estimate of drug-likeness (QED) is 0.336. The molecule has 0 aliphatic heterocycles. The summed E-state index contributed by atoms with van der Waals surface area (Å²) >= 11 is 1.57. The monoisotopic (exact) mass is 446 g/mol. The molecule has 7 heteroatoms. The zero-order valence-corrected chi connectivity index (χ0v) is 19.1. The van der Waals surface area contributed by atoms with Gasteiger partial charge in [0.2, 0.25) is 5.06 Å². The average molecular weight is 447 g/mol. The predicted octanol–water partition coefficient (Wildman–Crippen LogP) is 6.18. The third-order valence-corrected chi connectivity index (χ3v) is 5.92. The molecule has 0 bridgehead atoms. The maximum Gasteiger partial charge on any atom is 0.208 e. The summed E-state index contributed by atoms with van der Waals surface area (Å²) in [6.45, 7) is 6.01. The van der Waals surface area contributed by atoms with E-state index in [1.165, 1.54) is 0 Å². The molecular formula is C25H26N4O2S. The number of aliphatic hydroxyl groups is 1. The van der Waals surface area contributed by atoms with Crippen LogP contribution in [0.2, 0.25) is 0 Å². The minimum Gasteiger partial charge on any atom is -0.444 e. The minimum atomic E-state index is -0.443. The van der Waals surface area contributed by atoms with Crippen LogP contribution in [0.1, 0.15) is 37.4 Å². The zero-order valence-electron chi connectivity index (χ0n) is 18.3. The summed E-state index contributed by atoms with van der Waals surface area (Å²) in [7, 11) is 0. The summed E-state index contributed by atoms with van der Waals surface area (Å²) in [6, 6.07) is 17.6. The van der Waals surface area contributed by atoms with Gasteiger partial charge >= 0.3 is 0 Å². The molecule has 3 heterocycles. The fourth-order valence-corrected chi connectivity index (χ4v) is 4.15. The van der Waals surface area contributed by atoms with Gasteiger partial charge in [-0.15, -0.1) is 0 Å². The maximum absolute atomic E-state index is 9.61. The van der Waals surface area contributed by atoms with Crippen LogP contribution < -0.4 is 10.1 Å². The molecule has 0 spiro atoms. The van der Waals surface area contributed by atoms with Gasteiger partial charge in [0, 0.05) is 47.7 Å². The van der Waals surface area contributed by atoms with Gasteiger partial charge in [-0.3, -0.25) is 4.98 Å². The minimum absolute atomic E-state index is 0.317. The van der Waals surface area contributed by atoms with Crippen molar-refractivity contribution >= 4 is 22.8 Å². The van der Waals surface area contributed by atoms with Crippen molar-refractivity contribution in [1.29, 1.82) is 0 Å². The third-order valence-electron chi connectivity index (χ3n) is 4.69. The largest absolute Gasteiger partial charge is 0.444 e. The molecule has 164 valence electrons. The van der Waals surface area contributed by atoms with E-state index in [4.69, 9.17) is 9.72 Å². The second-order valence-electron chi connectivity index (χ2n) is 7.90. The smallest absolute Gasteiger partial charge is 0.208 e. The van der Waals surface area contributed by atoms with Gasteiger partial charge in [-0.1, -0.05) is 55.5 Å². The number of pyridine rings is 2. The molecule has 32 heavy (non-hydrogen) atoms. The van der Waals surface area contributed by atoms with E-state index < -0.39 is 6.10 Å². The Bertz CT molecular complexity index is 1180. The molecule has 0 saturated heterocycles. The van der Waals surface area contributed by atoms with Crippen molar-refractivity contribution < 1.29 is 9.84 Å². The number of thiazole rings is 1. The Morgan fingerprint density at radius 3 is 2.53 bits per heavy atom. The number of ether oxygens (including phenoxy) is 1. The zero-order chi connectivity index (χ0) is 22.5. The SMILES string of the molecule is CC(O)Cc1cc(Nc2cc(Oc3sc(C(C)C)nc3-c3ccccc3)ccn2)ccn1. The van der Waals surface area contributed by atoms with Crippen LogP contribution in [-0.2, 0) is 6.42 Å². The Kier molecular flexibility index (Phi) is 6.78. The first kappa shape index (κ1) is 21.9. The Balaban J connectivity index is 1.57. The number of nitrogens with one attached hydrogen (secondary N) is 1. The standard InChI is InChI=1S/C25H26N4O2S/c1-16(2)24-29-23(18-7-5-4-6-8-18)25(32-24)31-21-10-12-27-22(15-21)28-19-9-11-26-20(14-19)13-17(3)30/h4-12,14-17,30H,13H2,1-3H3,(H,26,27,28). The van der Waals surface area contributed by atoms with Crippen molar-refractivity contribution in [1.82, 2.24) is 15.0 Å². The van der Waals surface area contributed by atoms with E-state index in [0.717, 1.165) is 32.7 Å². The Morgan fingerprint density at radius 1 is 1.00 bits per heavy atom. The first-order valence-electron chi connectivity index (χ1n) is 10.6. The van der Waals surface area contributed by atoms with Gasteiger partial charge in [0.15, 0.2) is 0 Å². The topological polar surface area (TPSA) is 80.2 Å². The van der Waals surface area contributed by atoms with Crippen LogP contribution >= 0.6 is 11.3 Å².